The number of Topliss-reactive ketones (excluding diaryl/α,β-unsaturated/α-hetero) is 1. The van der Waals surface area contributed by atoms with Crippen molar-refractivity contribution < 1.29 is 29.1 Å². The highest BCUT2D eigenvalue weighted by Crippen LogP contribution is 2.41. The Bertz CT molecular complexity index is 869. The van der Waals surface area contributed by atoms with Crippen LogP contribution < -0.4 is 10.6 Å². The minimum Gasteiger partial charge on any atom is -0.477 e. The largest absolute Gasteiger partial charge is 0.477 e. The number of thiazole rings is 1. The van der Waals surface area contributed by atoms with Crippen molar-refractivity contribution in [2.45, 2.75) is 11.4 Å². The normalized spacial score (nSPS) is 21.6. The third-order valence-electron chi connectivity index (χ3n) is 3.54. The van der Waals surface area contributed by atoms with Gasteiger partial charge in [-0.2, -0.15) is 0 Å². The lowest BCUT2D eigenvalue weighted by Gasteiger charge is -2.48. The maximum atomic E-state index is 12.2. The molecule has 1 aromatic heterocycles. The van der Waals surface area contributed by atoms with E-state index < -0.39 is 35.0 Å². The molecular formula is C13H9ClN4O6S2. The van der Waals surface area contributed by atoms with Crippen LogP contribution in [-0.4, -0.2) is 62.1 Å². The molecule has 0 saturated carbocycles. The summed E-state index contributed by atoms with van der Waals surface area (Å²) in [7, 11) is 0. The second kappa shape index (κ2) is 7.05. The summed E-state index contributed by atoms with van der Waals surface area (Å²) in [5, 5.41) is 14.5. The molecular weight excluding hydrogens is 408 g/mol. The average Bonchev–Trinajstić information content (AvgIpc) is 3.07. The number of carbonyl (C=O) groups is 5. The number of nitrogens with zero attached hydrogens (tertiary/aromatic N) is 2. The van der Waals surface area contributed by atoms with Gasteiger partial charge in [-0.3, -0.25) is 24.1 Å². The maximum absolute atomic E-state index is 12.2. The number of fused-ring (bicyclic) bond motifs is 1. The number of carboxylic acid groups (broad SMARTS) is 1. The second-order valence-corrected chi connectivity index (χ2v) is 7.47. The van der Waals surface area contributed by atoms with Crippen molar-refractivity contribution in [3.05, 3.63) is 21.8 Å². The number of ketones is 1. The highest BCUT2D eigenvalue weighted by atomic mass is 35.5. The van der Waals surface area contributed by atoms with Crippen LogP contribution in [0.2, 0.25) is 0 Å². The number of aromatic nitrogens is 1. The predicted molar refractivity (Wildman–Crippen MR) is 91.7 cm³/mol. The van der Waals surface area contributed by atoms with Crippen LogP contribution >= 0.6 is 34.7 Å². The summed E-state index contributed by atoms with van der Waals surface area (Å²) in [5.74, 6) is -3.86. The number of rotatable bonds is 6. The molecule has 1 unspecified atom stereocenters. The molecule has 0 radical (unpaired) electrons. The molecule has 1 aromatic rings. The Kier molecular flexibility index (Phi) is 4.98. The first-order chi connectivity index (χ1) is 12.3. The van der Waals surface area contributed by atoms with Crippen LogP contribution in [0.3, 0.4) is 0 Å². The fourth-order valence-electron chi connectivity index (χ4n) is 2.40. The van der Waals surface area contributed by atoms with E-state index in [9.17, 15) is 29.1 Å². The maximum Gasteiger partial charge on any atom is 0.353 e. The first-order valence-electron chi connectivity index (χ1n) is 6.92. The number of thioether (sulfide) groups is 1. The van der Waals surface area contributed by atoms with E-state index in [1.54, 1.807) is 0 Å². The van der Waals surface area contributed by atoms with E-state index in [2.05, 4.69) is 15.6 Å². The number of nitrogens with one attached hydrogen (secondary N) is 2. The topological polar surface area (TPSA) is 146 Å². The Hall–Kier alpha value is -2.44. The highest BCUT2D eigenvalue weighted by Gasteiger charge is 2.54. The minimum atomic E-state index is -1.34. The highest BCUT2D eigenvalue weighted by molar-refractivity contribution is 8.00. The molecule has 26 heavy (non-hydrogen) atoms. The van der Waals surface area contributed by atoms with Crippen LogP contribution in [0.5, 0.6) is 0 Å². The van der Waals surface area contributed by atoms with Gasteiger partial charge in [-0.15, -0.1) is 23.1 Å². The number of β-lactam (4-membered cyclic amide) rings is 1. The Balaban J connectivity index is 1.69. The fourth-order valence-corrected chi connectivity index (χ4v) is 4.60. The van der Waals surface area contributed by atoms with E-state index in [0.717, 1.165) is 16.2 Å². The number of hydrogen-bond donors (Lipinski definition) is 3. The Labute approximate surface area is 158 Å². The van der Waals surface area contributed by atoms with Crippen molar-refractivity contribution in [1.82, 2.24) is 15.2 Å². The van der Waals surface area contributed by atoms with Gasteiger partial charge < -0.3 is 15.7 Å². The predicted octanol–water partition coefficient (Wildman–Crippen LogP) is -0.171. The smallest absolute Gasteiger partial charge is 0.353 e. The van der Waals surface area contributed by atoms with Gasteiger partial charge in [0, 0.05) is 11.1 Å². The van der Waals surface area contributed by atoms with Gasteiger partial charge in [-0.25, -0.2) is 9.78 Å². The summed E-state index contributed by atoms with van der Waals surface area (Å²) in [6.07, 6.45) is 0.383. The molecule has 3 amide bonds. The van der Waals surface area contributed by atoms with Gasteiger partial charge in [0.1, 0.15) is 22.8 Å². The number of halogens is 1. The third kappa shape index (κ3) is 3.06. The molecule has 10 nitrogen and oxygen atoms in total. The van der Waals surface area contributed by atoms with Crippen LogP contribution in [0.15, 0.2) is 16.1 Å². The fraction of sp³-hybridized carbons (Fsp3) is 0.231. The van der Waals surface area contributed by atoms with Crippen LogP contribution in [0, 0.1) is 0 Å². The molecule has 136 valence electrons. The summed E-state index contributed by atoms with van der Waals surface area (Å²) in [6, 6.07) is -1.04. The summed E-state index contributed by atoms with van der Waals surface area (Å²) in [4.78, 5) is 62.8. The monoisotopic (exact) mass is 416 g/mol. The van der Waals surface area contributed by atoms with Crippen LogP contribution in [-0.2, 0) is 19.2 Å². The minimum absolute atomic E-state index is 0.0330. The van der Waals surface area contributed by atoms with E-state index in [-0.39, 0.29) is 27.3 Å². The first-order valence-corrected chi connectivity index (χ1v) is 9.23. The van der Waals surface area contributed by atoms with Crippen molar-refractivity contribution in [2.75, 3.05) is 11.1 Å². The van der Waals surface area contributed by atoms with Crippen LogP contribution in [0.4, 0.5) is 5.13 Å². The quantitative estimate of drug-likeness (QED) is 0.251. The molecule has 0 bridgehead atoms. The number of amides is 3. The molecule has 2 aliphatic rings. The van der Waals surface area contributed by atoms with Crippen molar-refractivity contribution >= 4 is 69.8 Å². The second-order valence-electron chi connectivity index (χ2n) is 5.05. The molecule has 3 N–H and O–H groups in total. The number of aliphatic carboxylic acids is 1. The standard InChI is InChI=1S/C13H9ClN4O6S2/c14-4-1-25-11-6(10(22)18(11)7(4)12(23)24)17-9(21)8(20)5-2-26-13(16-5)15-3-19/h2-3,6,11H,1H2,(H,17,21)(H,23,24)(H,15,16,19)/t6?,11-/m1/s1. The summed E-state index contributed by atoms with van der Waals surface area (Å²) >= 11 is 7.99. The Morgan fingerprint density at radius 3 is 2.81 bits per heavy atom. The lowest BCUT2D eigenvalue weighted by atomic mass is 10.0. The SMILES string of the molecule is O=CNc1nc(C(=O)C(=O)NC2C(=O)N3C(C(=O)O)=C(Cl)CS[C@H]23)cs1. The molecule has 0 aliphatic carbocycles. The summed E-state index contributed by atoms with van der Waals surface area (Å²) < 4.78 is 0. The van der Waals surface area contributed by atoms with E-state index in [4.69, 9.17) is 11.6 Å². The zero-order chi connectivity index (χ0) is 19.0. The molecule has 1 fully saturated rings. The molecule has 0 aromatic carbocycles. The van der Waals surface area contributed by atoms with E-state index in [1.807, 2.05) is 0 Å². The summed E-state index contributed by atoms with van der Waals surface area (Å²) in [5.41, 5.74) is -0.493. The van der Waals surface area contributed by atoms with Gasteiger partial charge in [0.15, 0.2) is 5.13 Å². The summed E-state index contributed by atoms with van der Waals surface area (Å²) in [6.45, 7) is 0. The molecule has 0 spiro atoms. The molecule has 3 rings (SSSR count). The lowest BCUT2D eigenvalue weighted by Crippen LogP contribution is -2.70. The van der Waals surface area contributed by atoms with Gasteiger partial charge in [-0.1, -0.05) is 11.6 Å². The number of anilines is 1. The number of carbonyl (C=O) groups excluding carboxylic acids is 4. The van der Waals surface area contributed by atoms with Gasteiger partial charge in [0.05, 0.1) is 5.03 Å². The van der Waals surface area contributed by atoms with Crippen molar-refractivity contribution in [1.29, 1.82) is 0 Å². The Morgan fingerprint density at radius 2 is 2.15 bits per heavy atom. The van der Waals surface area contributed by atoms with Crippen LogP contribution in [0.25, 0.3) is 0 Å². The van der Waals surface area contributed by atoms with E-state index >= 15 is 0 Å². The lowest BCUT2D eigenvalue weighted by molar-refractivity contribution is -0.150. The average molecular weight is 417 g/mol. The van der Waals surface area contributed by atoms with Gasteiger partial charge in [-0.05, 0) is 0 Å². The molecule has 3 heterocycles. The zero-order valence-electron chi connectivity index (χ0n) is 12.6. The van der Waals surface area contributed by atoms with E-state index in [0.29, 0.717) is 6.41 Å². The van der Waals surface area contributed by atoms with Gasteiger partial charge in [0.25, 0.3) is 17.6 Å². The number of hydrogen-bond acceptors (Lipinski definition) is 8. The van der Waals surface area contributed by atoms with E-state index in [1.165, 1.54) is 17.1 Å². The number of carboxylic acids is 1. The van der Waals surface area contributed by atoms with Crippen LogP contribution in [0.1, 0.15) is 10.5 Å². The molecule has 2 aliphatic heterocycles. The zero-order valence-corrected chi connectivity index (χ0v) is 15.0. The van der Waals surface area contributed by atoms with Crippen molar-refractivity contribution in [2.24, 2.45) is 0 Å². The molecule has 2 atom stereocenters. The molecule has 1 saturated heterocycles. The first kappa shape index (κ1) is 18.4. The van der Waals surface area contributed by atoms with Gasteiger partial charge in [0.2, 0.25) is 6.41 Å². The third-order valence-corrected chi connectivity index (χ3v) is 6.06. The van der Waals surface area contributed by atoms with Crippen molar-refractivity contribution in [3.63, 3.8) is 0 Å². The van der Waals surface area contributed by atoms with Gasteiger partial charge >= 0.3 is 5.97 Å². The Morgan fingerprint density at radius 1 is 1.42 bits per heavy atom. The van der Waals surface area contributed by atoms with Crippen molar-refractivity contribution in [3.8, 4) is 0 Å². The molecule has 13 heteroatoms.